The third-order valence-corrected chi connectivity index (χ3v) is 2.96. The highest BCUT2D eigenvalue weighted by molar-refractivity contribution is 8.15. The van der Waals surface area contributed by atoms with Crippen molar-refractivity contribution in [3.05, 3.63) is 24.2 Å². The molecule has 2 rings (SSSR count). The number of hydrogen-bond acceptors (Lipinski definition) is 5. The van der Waals surface area contributed by atoms with E-state index in [0.717, 1.165) is 5.76 Å². The smallest absolute Gasteiger partial charge is 0.236 e. The summed E-state index contributed by atoms with van der Waals surface area (Å²) in [4.78, 5) is 10.9. The number of carbonyl (C=O) groups excluding carboxylic acids is 1. The molecule has 1 amide bonds. The number of nitrogens with zero attached hydrogens (tertiary/aromatic N) is 1. The Hall–Kier alpha value is -1.54. The molecule has 1 aliphatic heterocycles. The van der Waals surface area contributed by atoms with Crippen LogP contribution in [0.25, 0.3) is 0 Å². The van der Waals surface area contributed by atoms with Crippen molar-refractivity contribution in [2.45, 2.75) is 6.54 Å². The van der Waals surface area contributed by atoms with Gasteiger partial charge in [0.2, 0.25) is 5.91 Å². The number of furan rings is 1. The summed E-state index contributed by atoms with van der Waals surface area (Å²) in [6.07, 6.45) is 1.60. The molecule has 90 valence electrons. The minimum absolute atomic E-state index is 0.0509. The second kappa shape index (κ2) is 5.69. The van der Waals surface area contributed by atoms with E-state index < -0.39 is 0 Å². The van der Waals surface area contributed by atoms with Gasteiger partial charge >= 0.3 is 0 Å². The Morgan fingerprint density at radius 2 is 2.59 bits per heavy atom. The van der Waals surface area contributed by atoms with E-state index in [1.165, 1.54) is 11.8 Å². The lowest BCUT2D eigenvalue weighted by Gasteiger charge is -2.05. The van der Waals surface area contributed by atoms with E-state index in [9.17, 15) is 4.79 Å². The molecule has 2 heterocycles. The summed E-state index contributed by atoms with van der Waals surface area (Å²) in [5.41, 5.74) is 2.64. The van der Waals surface area contributed by atoms with E-state index in [1.807, 2.05) is 6.07 Å². The number of hydrogen-bond donors (Lipinski definition) is 3. The van der Waals surface area contributed by atoms with Crippen molar-refractivity contribution < 1.29 is 9.21 Å². The van der Waals surface area contributed by atoms with Crippen LogP contribution in [0.15, 0.2) is 27.9 Å². The maximum atomic E-state index is 10.9. The van der Waals surface area contributed by atoms with Crippen LogP contribution in [-0.2, 0) is 11.3 Å². The highest BCUT2D eigenvalue weighted by Crippen LogP contribution is 2.07. The lowest BCUT2D eigenvalue weighted by Crippen LogP contribution is -2.33. The highest BCUT2D eigenvalue weighted by Gasteiger charge is 2.16. The van der Waals surface area contributed by atoms with Crippen molar-refractivity contribution in [1.29, 1.82) is 0 Å². The average Bonchev–Trinajstić information content (AvgIpc) is 2.95. The van der Waals surface area contributed by atoms with Crippen LogP contribution < -0.4 is 16.1 Å². The van der Waals surface area contributed by atoms with Gasteiger partial charge in [-0.1, -0.05) is 11.8 Å². The standard InChI is InChI=1S/C9H10N4O2S2/c14-7-5-17-9(11-7)13-12-8(16)10-4-6-2-1-3-15-6/h1-3H,4-5H2,(H2,10,12,16)(H,11,13,14). The molecule has 0 atom stereocenters. The Morgan fingerprint density at radius 1 is 1.71 bits per heavy atom. The van der Waals surface area contributed by atoms with Crippen LogP contribution in [0.4, 0.5) is 0 Å². The third kappa shape index (κ3) is 3.75. The monoisotopic (exact) mass is 270 g/mol. The maximum Gasteiger partial charge on any atom is 0.236 e. The van der Waals surface area contributed by atoms with Crippen LogP contribution >= 0.6 is 24.0 Å². The van der Waals surface area contributed by atoms with Crippen molar-refractivity contribution in [2.75, 3.05) is 5.75 Å². The SMILES string of the molecule is O=C1CSC(=NNC(=S)NCc2ccco2)N1. The summed E-state index contributed by atoms with van der Waals surface area (Å²) >= 11 is 6.33. The quantitative estimate of drug-likeness (QED) is 0.544. The van der Waals surface area contributed by atoms with E-state index >= 15 is 0 Å². The van der Waals surface area contributed by atoms with Gasteiger partial charge in [-0.2, -0.15) is 0 Å². The van der Waals surface area contributed by atoms with Gasteiger partial charge in [0.25, 0.3) is 0 Å². The summed E-state index contributed by atoms with van der Waals surface area (Å²) in [6.45, 7) is 0.489. The van der Waals surface area contributed by atoms with Gasteiger partial charge in [0.15, 0.2) is 10.3 Å². The zero-order valence-electron chi connectivity index (χ0n) is 8.73. The number of carbonyl (C=O) groups is 1. The van der Waals surface area contributed by atoms with E-state index in [4.69, 9.17) is 16.6 Å². The molecular weight excluding hydrogens is 260 g/mol. The molecule has 8 heteroatoms. The Morgan fingerprint density at radius 3 is 3.24 bits per heavy atom. The zero-order valence-corrected chi connectivity index (χ0v) is 10.4. The first-order chi connectivity index (χ1) is 8.24. The van der Waals surface area contributed by atoms with Gasteiger partial charge in [0.1, 0.15) is 5.76 Å². The number of amides is 1. The molecule has 0 saturated carbocycles. The Balaban J connectivity index is 1.72. The predicted molar refractivity (Wildman–Crippen MR) is 69.3 cm³/mol. The van der Waals surface area contributed by atoms with Crippen molar-refractivity contribution in [1.82, 2.24) is 16.1 Å². The zero-order chi connectivity index (χ0) is 12.1. The van der Waals surface area contributed by atoms with Gasteiger partial charge in [-0.05, 0) is 24.4 Å². The van der Waals surface area contributed by atoms with Crippen LogP contribution in [0, 0.1) is 0 Å². The molecule has 3 N–H and O–H groups in total. The maximum absolute atomic E-state index is 10.9. The third-order valence-electron chi connectivity index (χ3n) is 1.85. The van der Waals surface area contributed by atoms with Crippen LogP contribution in [0.5, 0.6) is 0 Å². The predicted octanol–water partition coefficient (Wildman–Crippen LogP) is 0.378. The first kappa shape index (κ1) is 11.9. The van der Waals surface area contributed by atoms with Crippen molar-refractivity contribution in [2.24, 2.45) is 5.10 Å². The molecular formula is C9H10N4O2S2. The van der Waals surface area contributed by atoms with Crippen molar-refractivity contribution in [3.8, 4) is 0 Å². The van der Waals surface area contributed by atoms with Crippen LogP contribution in [0.1, 0.15) is 5.76 Å². The summed E-state index contributed by atoms with van der Waals surface area (Å²) in [5.74, 6) is 1.13. The average molecular weight is 270 g/mol. The molecule has 1 saturated heterocycles. The van der Waals surface area contributed by atoms with Crippen molar-refractivity contribution in [3.63, 3.8) is 0 Å². The van der Waals surface area contributed by atoms with Crippen molar-refractivity contribution >= 4 is 40.2 Å². The van der Waals surface area contributed by atoms with Gasteiger partial charge < -0.3 is 15.1 Å². The van der Waals surface area contributed by atoms with Gasteiger partial charge in [-0.15, -0.1) is 5.10 Å². The molecule has 1 aromatic rings. The summed E-state index contributed by atoms with van der Waals surface area (Å²) in [5, 5.41) is 10.3. The topological polar surface area (TPSA) is 78.7 Å². The second-order valence-corrected chi connectivity index (χ2v) is 4.50. The van der Waals surface area contributed by atoms with Crippen LogP contribution in [-0.4, -0.2) is 21.9 Å². The molecule has 1 aliphatic rings. The first-order valence-electron chi connectivity index (χ1n) is 4.80. The fourth-order valence-electron chi connectivity index (χ4n) is 1.11. The number of rotatable bonds is 3. The van der Waals surface area contributed by atoms with Gasteiger partial charge in [-0.25, -0.2) is 0 Å². The highest BCUT2D eigenvalue weighted by atomic mass is 32.2. The number of amidine groups is 1. The molecule has 0 unspecified atom stereocenters. The lowest BCUT2D eigenvalue weighted by atomic mass is 10.4. The molecule has 0 bridgehead atoms. The molecule has 6 nitrogen and oxygen atoms in total. The largest absolute Gasteiger partial charge is 0.467 e. The van der Waals surface area contributed by atoms with Gasteiger partial charge in [-0.3, -0.25) is 10.2 Å². The fraction of sp³-hybridized carbons (Fsp3) is 0.222. The summed E-state index contributed by atoms with van der Waals surface area (Å²) < 4.78 is 5.13. The normalized spacial score (nSPS) is 16.9. The van der Waals surface area contributed by atoms with Gasteiger partial charge in [0.05, 0.1) is 18.6 Å². The Bertz CT molecular complexity index is 444. The van der Waals surface area contributed by atoms with E-state index in [-0.39, 0.29) is 5.91 Å². The molecule has 1 aromatic heterocycles. The molecule has 0 radical (unpaired) electrons. The van der Waals surface area contributed by atoms with E-state index in [0.29, 0.717) is 22.6 Å². The molecule has 0 aromatic carbocycles. The number of nitrogens with one attached hydrogen (secondary N) is 3. The molecule has 0 aliphatic carbocycles. The molecule has 1 fully saturated rings. The number of thiocarbonyl (C=S) groups is 1. The van der Waals surface area contributed by atoms with Crippen LogP contribution in [0.3, 0.4) is 0 Å². The first-order valence-corrected chi connectivity index (χ1v) is 6.20. The minimum atomic E-state index is -0.0509. The van der Waals surface area contributed by atoms with E-state index in [2.05, 4.69) is 21.2 Å². The minimum Gasteiger partial charge on any atom is -0.467 e. The Labute approximate surface area is 107 Å². The second-order valence-electron chi connectivity index (χ2n) is 3.13. The van der Waals surface area contributed by atoms with Crippen LogP contribution in [0.2, 0.25) is 0 Å². The summed E-state index contributed by atoms with van der Waals surface area (Å²) in [7, 11) is 0. The van der Waals surface area contributed by atoms with E-state index in [1.54, 1.807) is 12.3 Å². The molecule has 0 spiro atoms. The fourth-order valence-corrected chi connectivity index (χ4v) is 1.86. The number of hydrazone groups is 1. The molecule has 17 heavy (non-hydrogen) atoms. The summed E-state index contributed by atoms with van der Waals surface area (Å²) in [6, 6.07) is 3.65. The lowest BCUT2D eigenvalue weighted by molar-refractivity contribution is -0.116. The number of thioether (sulfide) groups is 1. The van der Waals surface area contributed by atoms with Gasteiger partial charge in [0, 0.05) is 0 Å². The Kier molecular flexibility index (Phi) is 3.99.